The molecule has 0 amide bonds. The summed E-state index contributed by atoms with van der Waals surface area (Å²) in [6, 6.07) is 9.15. The van der Waals surface area contributed by atoms with E-state index in [0.29, 0.717) is 6.04 Å². The van der Waals surface area contributed by atoms with Gasteiger partial charge in [-0.25, -0.2) is 0 Å². The molecule has 19 heavy (non-hydrogen) atoms. The average Bonchev–Trinajstić information content (AvgIpc) is 3.02. The Morgan fingerprint density at radius 1 is 1.26 bits per heavy atom. The Morgan fingerprint density at radius 3 is 2.89 bits per heavy atom. The van der Waals surface area contributed by atoms with Gasteiger partial charge >= 0.3 is 0 Å². The molecular weight excluding hydrogens is 232 g/mol. The summed E-state index contributed by atoms with van der Waals surface area (Å²) in [7, 11) is 0. The van der Waals surface area contributed by atoms with E-state index in [1.54, 1.807) is 0 Å². The van der Waals surface area contributed by atoms with Gasteiger partial charge in [-0.2, -0.15) is 0 Å². The van der Waals surface area contributed by atoms with Crippen LogP contribution in [0.4, 0.5) is 0 Å². The number of nitrogens with zero attached hydrogens (tertiary/aromatic N) is 1. The maximum atomic E-state index is 4.98. The monoisotopic (exact) mass is 252 g/mol. The Labute approximate surface area is 113 Å². The number of benzene rings is 1. The van der Waals surface area contributed by atoms with Crippen LogP contribution in [0.25, 0.3) is 10.9 Å². The normalized spacial score (nSPS) is 29.7. The molecule has 98 valence electrons. The minimum atomic E-state index is 0.634. The third-order valence-corrected chi connectivity index (χ3v) is 4.90. The highest BCUT2D eigenvalue weighted by Crippen LogP contribution is 2.49. The Balaban J connectivity index is 1.55. The number of H-pyrrole nitrogens is 1. The number of aromatic amines is 1. The van der Waals surface area contributed by atoms with Crippen molar-refractivity contribution >= 4 is 16.6 Å². The van der Waals surface area contributed by atoms with Crippen LogP contribution in [0.15, 0.2) is 35.5 Å². The van der Waals surface area contributed by atoms with Gasteiger partial charge in [-0.1, -0.05) is 18.2 Å². The molecule has 0 spiro atoms. The molecule has 1 heterocycles. The van der Waals surface area contributed by atoms with Gasteiger partial charge in [0.1, 0.15) is 0 Å². The van der Waals surface area contributed by atoms with E-state index in [1.807, 2.05) is 0 Å². The second-order valence-corrected chi connectivity index (χ2v) is 6.30. The summed E-state index contributed by atoms with van der Waals surface area (Å²) in [5.41, 5.74) is 3.90. The zero-order valence-corrected chi connectivity index (χ0v) is 11.4. The molecule has 0 saturated heterocycles. The summed E-state index contributed by atoms with van der Waals surface area (Å²) in [6.07, 6.45) is 7.34. The fourth-order valence-corrected chi connectivity index (χ4v) is 3.87. The molecule has 0 radical (unpaired) electrons. The molecular formula is C17H20N2. The predicted molar refractivity (Wildman–Crippen MR) is 79.7 cm³/mol. The molecule has 3 aliphatic rings. The van der Waals surface area contributed by atoms with Gasteiger partial charge in [0.2, 0.25) is 0 Å². The molecule has 5 rings (SSSR count). The topological polar surface area (TPSA) is 28.1 Å². The number of aliphatic imine (C=N–C) groups is 1. The molecule has 2 heteroatoms. The lowest BCUT2D eigenvalue weighted by molar-refractivity contribution is 0.295. The predicted octanol–water partition coefficient (Wildman–Crippen LogP) is 3.97. The number of aromatic nitrogens is 1. The highest BCUT2D eigenvalue weighted by atomic mass is 14.8. The summed E-state index contributed by atoms with van der Waals surface area (Å²) in [5.74, 6) is 1.91. The lowest BCUT2D eigenvalue weighted by Crippen LogP contribution is -2.17. The van der Waals surface area contributed by atoms with Crippen LogP contribution in [-0.2, 0) is 6.42 Å². The smallest absolute Gasteiger partial charge is 0.0530 e. The highest BCUT2D eigenvalue weighted by Gasteiger charge is 2.44. The van der Waals surface area contributed by atoms with Crippen LogP contribution in [0, 0.1) is 11.8 Å². The van der Waals surface area contributed by atoms with Gasteiger partial charge in [0, 0.05) is 29.2 Å². The van der Waals surface area contributed by atoms with Gasteiger partial charge in [0.15, 0.2) is 0 Å². The number of rotatable bonds is 3. The summed E-state index contributed by atoms with van der Waals surface area (Å²) in [4.78, 5) is 8.33. The van der Waals surface area contributed by atoms with E-state index in [1.165, 1.54) is 41.4 Å². The van der Waals surface area contributed by atoms with Crippen molar-refractivity contribution in [2.45, 2.75) is 38.6 Å². The van der Waals surface area contributed by atoms with Crippen LogP contribution < -0.4 is 0 Å². The van der Waals surface area contributed by atoms with Gasteiger partial charge < -0.3 is 4.98 Å². The van der Waals surface area contributed by atoms with Crippen molar-refractivity contribution < 1.29 is 0 Å². The van der Waals surface area contributed by atoms with E-state index in [-0.39, 0.29) is 0 Å². The maximum Gasteiger partial charge on any atom is 0.0530 e. The fourth-order valence-electron chi connectivity index (χ4n) is 3.87. The van der Waals surface area contributed by atoms with Crippen molar-refractivity contribution in [3.63, 3.8) is 0 Å². The summed E-state index contributed by atoms with van der Waals surface area (Å²) in [6.45, 7) is 2.19. The van der Waals surface area contributed by atoms with Gasteiger partial charge in [-0.15, -0.1) is 0 Å². The molecule has 1 N–H and O–H groups in total. The van der Waals surface area contributed by atoms with E-state index >= 15 is 0 Å². The number of para-hydroxylation sites is 1. The van der Waals surface area contributed by atoms with Crippen LogP contribution in [0.5, 0.6) is 0 Å². The zero-order chi connectivity index (χ0) is 12.8. The lowest BCUT2D eigenvalue weighted by Gasteiger charge is -2.23. The molecule has 2 bridgehead atoms. The van der Waals surface area contributed by atoms with Crippen molar-refractivity contribution in [3.8, 4) is 0 Å². The van der Waals surface area contributed by atoms with Crippen LogP contribution in [0.1, 0.15) is 31.7 Å². The van der Waals surface area contributed by atoms with Crippen molar-refractivity contribution in [1.29, 1.82) is 0 Å². The highest BCUT2D eigenvalue weighted by molar-refractivity contribution is 5.91. The first-order chi connectivity index (χ1) is 9.29. The minimum Gasteiger partial charge on any atom is -0.361 e. The molecule has 1 atom stereocenters. The SMILES string of the molecule is C/C(Cc1c[nH]c2ccccc12)=N\C1CC2CC1C2. The van der Waals surface area contributed by atoms with Crippen molar-refractivity contribution in [2.24, 2.45) is 16.8 Å². The summed E-state index contributed by atoms with van der Waals surface area (Å²) >= 11 is 0. The third kappa shape index (κ3) is 1.90. The summed E-state index contributed by atoms with van der Waals surface area (Å²) in [5, 5.41) is 1.34. The zero-order valence-electron chi connectivity index (χ0n) is 11.4. The second-order valence-electron chi connectivity index (χ2n) is 6.30. The summed E-state index contributed by atoms with van der Waals surface area (Å²) < 4.78 is 0. The van der Waals surface area contributed by atoms with E-state index in [9.17, 15) is 0 Å². The van der Waals surface area contributed by atoms with Gasteiger partial charge in [0.25, 0.3) is 0 Å². The molecule has 1 unspecified atom stereocenters. The second kappa shape index (κ2) is 4.22. The Bertz CT molecular complexity index is 632. The lowest BCUT2D eigenvalue weighted by atomic mass is 9.84. The molecule has 1 aromatic carbocycles. The van der Waals surface area contributed by atoms with Crippen LogP contribution in [0.3, 0.4) is 0 Å². The first kappa shape index (κ1) is 11.3. The molecule has 0 aliphatic heterocycles. The molecule has 3 saturated carbocycles. The fraction of sp³-hybridized carbons (Fsp3) is 0.471. The van der Waals surface area contributed by atoms with E-state index in [2.05, 4.69) is 42.4 Å². The van der Waals surface area contributed by atoms with Crippen molar-refractivity contribution in [3.05, 3.63) is 36.0 Å². The van der Waals surface area contributed by atoms with Gasteiger partial charge in [-0.3, -0.25) is 4.99 Å². The minimum absolute atomic E-state index is 0.634. The van der Waals surface area contributed by atoms with Gasteiger partial charge in [-0.05, 0) is 49.7 Å². The molecule has 2 nitrogen and oxygen atoms in total. The van der Waals surface area contributed by atoms with Crippen LogP contribution in [-0.4, -0.2) is 16.7 Å². The van der Waals surface area contributed by atoms with Gasteiger partial charge in [0.05, 0.1) is 6.04 Å². The Hall–Kier alpha value is -1.57. The van der Waals surface area contributed by atoms with Crippen LogP contribution in [0.2, 0.25) is 0 Å². The first-order valence-corrected chi connectivity index (χ1v) is 7.38. The van der Waals surface area contributed by atoms with E-state index in [0.717, 1.165) is 18.3 Å². The molecule has 1 aromatic heterocycles. The Kier molecular flexibility index (Phi) is 2.51. The van der Waals surface area contributed by atoms with Crippen molar-refractivity contribution in [1.82, 2.24) is 4.98 Å². The largest absolute Gasteiger partial charge is 0.361 e. The average molecular weight is 252 g/mol. The molecule has 3 aliphatic carbocycles. The van der Waals surface area contributed by atoms with Crippen molar-refractivity contribution in [2.75, 3.05) is 0 Å². The number of fused-ring (bicyclic) bond motifs is 2. The standard InChI is InChI=1S/C17H20N2/c1-11(19-17-9-12-7-13(17)8-12)6-14-10-18-16-5-3-2-4-15(14)16/h2-5,10,12-13,17-18H,6-9H2,1H3/b19-11+. The first-order valence-electron chi connectivity index (χ1n) is 7.38. The van der Waals surface area contributed by atoms with Crippen LogP contribution >= 0.6 is 0 Å². The molecule has 3 fully saturated rings. The number of hydrogen-bond donors (Lipinski definition) is 1. The third-order valence-electron chi connectivity index (χ3n) is 4.90. The number of hydrogen-bond acceptors (Lipinski definition) is 1. The van der Waals surface area contributed by atoms with E-state index in [4.69, 9.17) is 4.99 Å². The molecule has 2 aromatic rings. The maximum absolute atomic E-state index is 4.98. The Morgan fingerprint density at radius 2 is 2.11 bits per heavy atom. The quantitative estimate of drug-likeness (QED) is 0.801. The van der Waals surface area contributed by atoms with E-state index < -0.39 is 0 Å². The number of nitrogens with one attached hydrogen (secondary N) is 1.